The number of carboxylic acid groups (broad SMARTS) is 1. The number of oxazole rings is 1. The van der Waals surface area contributed by atoms with E-state index in [-0.39, 0.29) is 12.5 Å². The number of nitrogens with one attached hydrogen (secondary N) is 2. The topological polar surface area (TPSA) is 114 Å². The molecule has 38 heavy (non-hydrogen) atoms. The van der Waals surface area contributed by atoms with Crippen LogP contribution in [0.3, 0.4) is 0 Å². The molecule has 0 aliphatic rings. The maximum absolute atomic E-state index is 12.3. The summed E-state index contributed by atoms with van der Waals surface area (Å²) in [6, 6.07) is 21.4. The second-order valence-corrected chi connectivity index (χ2v) is 9.93. The number of amides is 2. The van der Waals surface area contributed by atoms with E-state index in [9.17, 15) is 9.59 Å². The van der Waals surface area contributed by atoms with E-state index < -0.39 is 5.97 Å². The number of methoxy groups -OCH3 is 1. The summed E-state index contributed by atoms with van der Waals surface area (Å²) in [6.07, 6.45) is 2.18. The average Bonchev–Trinajstić information content (AvgIpc) is 3.54. The van der Waals surface area contributed by atoms with Crippen LogP contribution in [-0.2, 0) is 4.79 Å². The number of aliphatic carboxylic acids is 1. The van der Waals surface area contributed by atoms with Gasteiger partial charge in [0, 0.05) is 28.2 Å². The molecule has 2 amide bonds. The number of nitrogens with zero attached hydrogens (tertiary/aromatic N) is 1. The molecule has 194 valence electrons. The van der Waals surface area contributed by atoms with Crippen molar-refractivity contribution < 1.29 is 23.8 Å². The Morgan fingerprint density at radius 1 is 1.03 bits per heavy atom. The monoisotopic (exact) mass is 529 g/mol. The van der Waals surface area contributed by atoms with Gasteiger partial charge in [0.1, 0.15) is 11.3 Å². The quantitative estimate of drug-likeness (QED) is 0.166. The van der Waals surface area contributed by atoms with Crippen LogP contribution in [0.5, 0.6) is 5.75 Å². The van der Waals surface area contributed by atoms with Gasteiger partial charge in [-0.3, -0.25) is 4.79 Å². The standard InChI is InChI=1S/C29H27N3O5S/c1-36-23-13-11-20(31-29(35)30-14-6-2-3-9-27(33)34)17-21(23)28-32-22-15-19(10-12-24(22)37-28)26-16-18-7-4-5-8-25(18)38-26/h4-5,7-8,10-13,15-17H,2-3,6,9,14H2,1H3,(H,33,34)(H2,30,31,35). The summed E-state index contributed by atoms with van der Waals surface area (Å²) in [5, 5.41) is 15.5. The number of benzene rings is 3. The molecule has 0 aliphatic carbocycles. The summed E-state index contributed by atoms with van der Waals surface area (Å²) in [5.41, 5.74) is 3.65. The van der Waals surface area contributed by atoms with Gasteiger partial charge in [-0.05, 0) is 72.3 Å². The van der Waals surface area contributed by atoms with Gasteiger partial charge in [-0.1, -0.05) is 24.6 Å². The molecule has 2 heterocycles. The van der Waals surface area contributed by atoms with Gasteiger partial charge in [0.15, 0.2) is 5.58 Å². The predicted octanol–water partition coefficient (Wildman–Crippen LogP) is 7.15. The van der Waals surface area contributed by atoms with Gasteiger partial charge in [0.05, 0.1) is 12.7 Å². The van der Waals surface area contributed by atoms with E-state index in [1.807, 2.05) is 30.3 Å². The number of carbonyl (C=O) groups is 2. The van der Waals surface area contributed by atoms with E-state index in [0.717, 1.165) is 22.4 Å². The fourth-order valence-corrected chi connectivity index (χ4v) is 5.29. The highest BCUT2D eigenvalue weighted by Gasteiger charge is 2.16. The van der Waals surface area contributed by atoms with Gasteiger partial charge in [-0.25, -0.2) is 9.78 Å². The summed E-state index contributed by atoms with van der Waals surface area (Å²) in [7, 11) is 1.57. The van der Waals surface area contributed by atoms with Crippen LogP contribution < -0.4 is 15.4 Å². The first-order valence-electron chi connectivity index (χ1n) is 12.3. The molecule has 8 nitrogen and oxygen atoms in total. The summed E-state index contributed by atoms with van der Waals surface area (Å²) < 4.78 is 12.8. The molecule has 0 fully saturated rings. The third kappa shape index (κ3) is 5.78. The van der Waals surface area contributed by atoms with Gasteiger partial charge in [0.2, 0.25) is 5.89 Å². The third-order valence-corrected chi connectivity index (χ3v) is 7.30. The van der Waals surface area contributed by atoms with Gasteiger partial charge < -0.3 is 24.9 Å². The highest BCUT2D eigenvalue weighted by molar-refractivity contribution is 7.22. The molecule has 5 aromatic rings. The summed E-state index contributed by atoms with van der Waals surface area (Å²) in [6.45, 7) is 0.460. The van der Waals surface area contributed by atoms with Gasteiger partial charge in [0.25, 0.3) is 0 Å². The van der Waals surface area contributed by atoms with Crippen molar-refractivity contribution >= 4 is 50.2 Å². The van der Waals surface area contributed by atoms with Crippen molar-refractivity contribution in [3.8, 4) is 27.6 Å². The van der Waals surface area contributed by atoms with E-state index >= 15 is 0 Å². The number of hydrogen-bond donors (Lipinski definition) is 3. The normalized spacial score (nSPS) is 11.1. The molecule has 0 aliphatic heterocycles. The Labute approximate surface area is 223 Å². The minimum atomic E-state index is -0.804. The first-order valence-corrected chi connectivity index (χ1v) is 13.2. The first kappa shape index (κ1) is 25.3. The van der Waals surface area contributed by atoms with E-state index in [1.165, 1.54) is 10.1 Å². The lowest BCUT2D eigenvalue weighted by Gasteiger charge is -2.10. The van der Waals surface area contributed by atoms with Crippen LogP contribution in [0, 0.1) is 0 Å². The molecule has 0 bridgehead atoms. The number of urea groups is 1. The molecule has 5 rings (SSSR count). The number of fused-ring (bicyclic) bond motifs is 2. The molecule has 0 radical (unpaired) electrons. The number of hydrogen-bond acceptors (Lipinski definition) is 6. The van der Waals surface area contributed by atoms with Gasteiger partial charge in [-0.15, -0.1) is 11.3 Å². The molecular formula is C29H27N3O5S. The summed E-state index contributed by atoms with van der Waals surface area (Å²) >= 11 is 1.74. The highest BCUT2D eigenvalue weighted by atomic mass is 32.1. The number of aromatic nitrogens is 1. The second kappa shape index (κ2) is 11.4. The Kier molecular flexibility index (Phi) is 7.55. The fourth-order valence-electron chi connectivity index (χ4n) is 4.23. The number of rotatable bonds is 10. The van der Waals surface area contributed by atoms with Crippen molar-refractivity contribution in [1.29, 1.82) is 0 Å². The van der Waals surface area contributed by atoms with Crippen molar-refractivity contribution in [3.05, 3.63) is 66.7 Å². The molecular weight excluding hydrogens is 502 g/mol. The van der Waals surface area contributed by atoms with Gasteiger partial charge >= 0.3 is 12.0 Å². The highest BCUT2D eigenvalue weighted by Crippen LogP contribution is 2.37. The molecule has 0 saturated heterocycles. The molecule has 3 aromatic carbocycles. The van der Waals surface area contributed by atoms with Crippen molar-refractivity contribution in [2.45, 2.75) is 25.7 Å². The predicted molar refractivity (Wildman–Crippen MR) is 150 cm³/mol. The zero-order valence-corrected chi connectivity index (χ0v) is 21.6. The van der Waals surface area contributed by atoms with Crippen molar-refractivity contribution in [2.75, 3.05) is 19.0 Å². The molecule has 0 spiro atoms. The molecule has 0 atom stereocenters. The minimum absolute atomic E-state index is 0.142. The lowest BCUT2D eigenvalue weighted by atomic mass is 10.1. The van der Waals surface area contributed by atoms with Crippen LogP contribution in [0.2, 0.25) is 0 Å². The Morgan fingerprint density at radius 3 is 2.71 bits per heavy atom. The number of ether oxygens (including phenoxy) is 1. The second-order valence-electron chi connectivity index (χ2n) is 8.85. The Balaban J connectivity index is 1.31. The zero-order valence-electron chi connectivity index (χ0n) is 20.8. The Hall–Kier alpha value is -4.37. The van der Waals surface area contributed by atoms with Crippen LogP contribution in [0.1, 0.15) is 25.7 Å². The number of thiophene rings is 1. The summed E-state index contributed by atoms with van der Waals surface area (Å²) in [5.74, 6) is 0.167. The molecule has 2 aromatic heterocycles. The Morgan fingerprint density at radius 2 is 1.89 bits per heavy atom. The summed E-state index contributed by atoms with van der Waals surface area (Å²) in [4.78, 5) is 28.8. The zero-order chi connectivity index (χ0) is 26.5. The number of carboxylic acids is 1. The first-order chi connectivity index (χ1) is 18.5. The smallest absolute Gasteiger partial charge is 0.319 e. The van der Waals surface area contributed by atoms with Crippen molar-refractivity contribution in [2.24, 2.45) is 0 Å². The molecule has 0 saturated carbocycles. The number of unbranched alkanes of at least 4 members (excludes halogenated alkanes) is 2. The third-order valence-electron chi connectivity index (χ3n) is 6.14. The van der Waals surface area contributed by atoms with Crippen molar-refractivity contribution in [3.63, 3.8) is 0 Å². The lowest BCUT2D eigenvalue weighted by Crippen LogP contribution is -2.29. The van der Waals surface area contributed by atoms with E-state index in [0.29, 0.717) is 47.9 Å². The van der Waals surface area contributed by atoms with E-state index in [4.69, 9.17) is 19.2 Å². The molecule has 3 N–H and O–H groups in total. The fraction of sp³-hybridized carbons (Fsp3) is 0.207. The number of anilines is 1. The Bertz CT molecular complexity index is 1570. The maximum atomic E-state index is 12.3. The minimum Gasteiger partial charge on any atom is -0.496 e. The van der Waals surface area contributed by atoms with E-state index in [2.05, 4.69) is 28.8 Å². The van der Waals surface area contributed by atoms with Crippen LogP contribution in [-0.4, -0.2) is 35.7 Å². The van der Waals surface area contributed by atoms with E-state index in [1.54, 1.807) is 36.6 Å². The molecule has 0 unspecified atom stereocenters. The lowest BCUT2D eigenvalue weighted by molar-refractivity contribution is -0.137. The van der Waals surface area contributed by atoms with Crippen LogP contribution in [0.15, 0.2) is 71.1 Å². The molecule has 9 heteroatoms. The van der Waals surface area contributed by atoms with Crippen LogP contribution in [0.4, 0.5) is 10.5 Å². The van der Waals surface area contributed by atoms with Gasteiger partial charge in [-0.2, -0.15) is 0 Å². The number of carbonyl (C=O) groups excluding carboxylic acids is 1. The maximum Gasteiger partial charge on any atom is 0.319 e. The SMILES string of the molecule is COc1ccc(NC(=O)NCCCCCC(=O)O)cc1-c1nc2cc(-c3cc4ccccc4s3)ccc2o1. The average molecular weight is 530 g/mol. The van der Waals surface area contributed by atoms with Crippen molar-refractivity contribution in [1.82, 2.24) is 10.3 Å². The largest absolute Gasteiger partial charge is 0.496 e. The van der Waals surface area contributed by atoms with Crippen LogP contribution >= 0.6 is 11.3 Å². The van der Waals surface area contributed by atoms with Crippen LogP contribution in [0.25, 0.3) is 43.1 Å².